The molecule has 0 radical (unpaired) electrons. The highest BCUT2D eigenvalue weighted by Crippen LogP contribution is 2.36. The molecule has 1 heterocycles. The fourth-order valence-corrected chi connectivity index (χ4v) is 4.54. The number of imide groups is 1. The van der Waals surface area contributed by atoms with Gasteiger partial charge in [-0.2, -0.15) is 0 Å². The third-order valence-corrected chi connectivity index (χ3v) is 6.75. The van der Waals surface area contributed by atoms with Crippen LogP contribution in [-0.2, 0) is 17.9 Å². The van der Waals surface area contributed by atoms with Gasteiger partial charge in [-0.25, -0.2) is 4.39 Å². The van der Waals surface area contributed by atoms with Crippen LogP contribution >= 0.6 is 35.0 Å². The molecule has 1 aliphatic rings. The third kappa shape index (κ3) is 5.99. The Morgan fingerprint density at radius 1 is 0.971 bits per heavy atom. The zero-order valence-corrected chi connectivity index (χ0v) is 20.9. The Labute approximate surface area is 216 Å². The lowest BCUT2D eigenvalue weighted by atomic mass is 10.1. The number of rotatable bonds is 8. The number of thioether (sulfide) groups is 1. The van der Waals surface area contributed by atoms with E-state index >= 15 is 0 Å². The van der Waals surface area contributed by atoms with Gasteiger partial charge in [0.15, 0.2) is 11.5 Å². The first-order valence-corrected chi connectivity index (χ1v) is 12.2. The molecular weight excluding hydrogens is 512 g/mol. The predicted molar refractivity (Wildman–Crippen MR) is 136 cm³/mol. The molecule has 4 rings (SSSR count). The van der Waals surface area contributed by atoms with Gasteiger partial charge in [0, 0.05) is 5.56 Å². The molecule has 5 nitrogen and oxygen atoms in total. The van der Waals surface area contributed by atoms with Gasteiger partial charge in [-0.3, -0.25) is 14.5 Å². The number of carbonyl (C=O) groups is 2. The minimum atomic E-state index is -0.471. The van der Waals surface area contributed by atoms with Gasteiger partial charge in [-0.1, -0.05) is 53.5 Å². The topological polar surface area (TPSA) is 55.8 Å². The van der Waals surface area contributed by atoms with Crippen molar-refractivity contribution in [3.63, 3.8) is 0 Å². The van der Waals surface area contributed by atoms with Crippen LogP contribution in [0.4, 0.5) is 9.18 Å². The highest BCUT2D eigenvalue weighted by atomic mass is 35.5. The van der Waals surface area contributed by atoms with Crippen LogP contribution in [0.1, 0.15) is 23.6 Å². The van der Waals surface area contributed by atoms with Crippen LogP contribution in [0.3, 0.4) is 0 Å². The molecular formula is C26H20Cl2FNO4S. The Kier molecular flexibility index (Phi) is 8.00. The standard InChI is InChI=1S/C26H20Cl2FNO4S/c1-2-33-23-12-16(8-10-22(23)34-15-17-7-9-19(27)20(28)11-17)13-24-25(31)30(26(32)35-24)14-18-5-3-4-6-21(18)29/h3-13H,2,14-15H2,1H3/b24-13-. The molecule has 3 aromatic rings. The van der Waals surface area contributed by atoms with Crippen LogP contribution < -0.4 is 9.47 Å². The average molecular weight is 532 g/mol. The molecule has 0 bridgehead atoms. The first kappa shape index (κ1) is 25.1. The number of ether oxygens (including phenoxy) is 2. The summed E-state index contributed by atoms with van der Waals surface area (Å²) < 4.78 is 25.6. The molecule has 0 aromatic heterocycles. The molecule has 3 aromatic carbocycles. The second-order valence-corrected chi connectivity index (χ2v) is 9.34. The van der Waals surface area contributed by atoms with E-state index in [1.807, 2.05) is 13.0 Å². The molecule has 9 heteroatoms. The fraction of sp³-hybridized carbons (Fsp3) is 0.154. The quantitative estimate of drug-likeness (QED) is 0.284. The second-order valence-electron chi connectivity index (χ2n) is 7.54. The number of carbonyl (C=O) groups excluding carboxylic acids is 2. The van der Waals surface area contributed by atoms with Gasteiger partial charge >= 0.3 is 0 Å². The number of hydrogen-bond acceptors (Lipinski definition) is 5. The minimum absolute atomic E-state index is 0.125. The summed E-state index contributed by atoms with van der Waals surface area (Å²) in [4.78, 5) is 26.6. The van der Waals surface area contributed by atoms with Crippen LogP contribution in [0.5, 0.6) is 11.5 Å². The average Bonchev–Trinajstić information content (AvgIpc) is 3.09. The maximum absolute atomic E-state index is 14.0. The van der Waals surface area contributed by atoms with E-state index in [-0.39, 0.29) is 23.6 Å². The Hall–Kier alpha value is -3.00. The summed E-state index contributed by atoms with van der Waals surface area (Å²) in [5, 5.41) is 0.460. The van der Waals surface area contributed by atoms with Crippen LogP contribution in [0.15, 0.2) is 65.6 Å². The summed E-state index contributed by atoms with van der Waals surface area (Å²) in [5.74, 6) is 0.0733. The van der Waals surface area contributed by atoms with E-state index in [4.69, 9.17) is 32.7 Å². The number of halogens is 3. The van der Waals surface area contributed by atoms with E-state index < -0.39 is 17.0 Å². The molecule has 0 saturated carbocycles. The second kappa shape index (κ2) is 11.2. The van der Waals surface area contributed by atoms with Crippen molar-refractivity contribution >= 4 is 52.2 Å². The molecule has 35 heavy (non-hydrogen) atoms. The zero-order valence-electron chi connectivity index (χ0n) is 18.6. The SMILES string of the molecule is CCOc1cc(/C=C2\SC(=O)N(Cc3ccccc3F)C2=O)ccc1OCc1ccc(Cl)c(Cl)c1. The smallest absolute Gasteiger partial charge is 0.293 e. The van der Waals surface area contributed by atoms with E-state index in [2.05, 4.69) is 0 Å². The maximum Gasteiger partial charge on any atom is 0.293 e. The lowest BCUT2D eigenvalue weighted by Crippen LogP contribution is -2.27. The molecule has 1 fully saturated rings. The number of amides is 2. The van der Waals surface area contributed by atoms with Crippen molar-refractivity contribution in [1.29, 1.82) is 0 Å². The first-order chi connectivity index (χ1) is 16.9. The number of hydrogen-bond donors (Lipinski definition) is 0. The van der Waals surface area contributed by atoms with Crippen molar-refractivity contribution in [2.24, 2.45) is 0 Å². The molecule has 0 spiro atoms. The highest BCUT2D eigenvalue weighted by molar-refractivity contribution is 8.18. The van der Waals surface area contributed by atoms with Gasteiger partial charge in [-0.05, 0) is 66.2 Å². The lowest BCUT2D eigenvalue weighted by Gasteiger charge is -2.13. The van der Waals surface area contributed by atoms with Crippen LogP contribution in [0.2, 0.25) is 10.0 Å². The first-order valence-electron chi connectivity index (χ1n) is 10.7. The van der Waals surface area contributed by atoms with Crippen molar-refractivity contribution in [3.8, 4) is 11.5 Å². The van der Waals surface area contributed by atoms with Gasteiger partial charge in [0.2, 0.25) is 0 Å². The van der Waals surface area contributed by atoms with Crippen molar-refractivity contribution in [3.05, 3.63) is 98.1 Å². The molecule has 0 aliphatic carbocycles. The fourth-order valence-electron chi connectivity index (χ4n) is 3.38. The van der Waals surface area contributed by atoms with Crippen molar-refractivity contribution in [2.75, 3.05) is 6.61 Å². The van der Waals surface area contributed by atoms with Crippen molar-refractivity contribution < 1.29 is 23.5 Å². The van der Waals surface area contributed by atoms with Gasteiger partial charge < -0.3 is 9.47 Å². The Morgan fingerprint density at radius 3 is 2.51 bits per heavy atom. The highest BCUT2D eigenvalue weighted by Gasteiger charge is 2.35. The Morgan fingerprint density at radius 2 is 1.77 bits per heavy atom. The van der Waals surface area contributed by atoms with Gasteiger partial charge in [0.1, 0.15) is 12.4 Å². The van der Waals surface area contributed by atoms with Crippen LogP contribution in [-0.4, -0.2) is 22.7 Å². The third-order valence-electron chi connectivity index (χ3n) is 5.10. The molecule has 0 N–H and O–H groups in total. The maximum atomic E-state index is 14.0. The Bertz CT molecular complexity index is 1310. The summed E-state index contributed by atoms with van der Waals surface area (Å²) >= 11 is 12.8. The summed E-state index contributed by atoms with van der Waals surface area (Å²) in [6.07, 6.45) is 1.61. The van der Waals surface area contributed by atoms with Crippen molar-refractivity contribution in [2.45, 2.75) is 20.1 Å². The monoisotopic (exact) mass is 531 g/mol. The zero-order chi connectivity index (χ0) is 24.9. The summed E-state index contributed by atoms with van der Waals surface area (Å²) in [7, 11) is 0. The summed E-state index contributed by atoms with van der Waals surface area (Å²) in [5.41, 5.74) is 1.78. The van der Waals surface area contributed by atoms with E-state index in [0.29, 0.717) is 33.7 Å². The largest absolute Gasteiger partial charge is 0.490 e. The molecule has 0 atom stereocenters. The van der Waals surface area contributed by atoms with E-state index in [9.17, 15) is 14.0 Å². The molecule has 1 saturated heterocycles. The Balaban J connectivity index is 1.51. The number of benzene rings is 3. The molecule has 0 unspecified atom stereocenters. The van der Waals surface area contributed by atoms with E-state index in [0.717, 1.165) is 22.2 Å². The summed E-state index contributed by atoms with van der Waals surface area (Å²) in [6, 6.07) is 16.5. The van der Waals surface area contributed by atoms with Gasteiger partial charge in [0.25, 0.3) is 11.1 Å². The molecule has 1 aliphatic heterocycles. The number of nitrogens with zero attached hydrogens (tertiary/aromatic N) is 1. The predicted octanol–water partition coefficient (Wildman–Crippen LogP) is 7.35. The van der Waals surface area contributed by atoms with Crippen LogP contribution in [0, 0.1) is 5.82 Å². The summed E-state index contributed by atoms with van der Waals surface area (Å²) in [6.45, 7) is 2.39. The van der Waals surface area contributed by atoms with E-state index in [1.165, 1.54) is 6.07 Å². The lowest BCUT2D eigenvalue weighted by molar-refractivity contribution is -0.123. The minimum Gasteiger partial charge on any atom is -0.490 e. The van der Waals surface area contributed by atoms with Crippen molar-refractivity contribution in [1.82, 2.24) is 4.90 Å². The van der Waals surface area contributed by atoms with E-state index in [1.54, 1.807) is 54.6 Å². The van der Waals surface area contributed by atoms with Gasteiger partial charge in [-0.15, -0.1) is 0 Å². The van der Waals surface area contributed by atoms with Crippen LogP contribution in [0.25, 0.3) is 6.08 Å². The van der Waals surface area contributed by atoms with Gasteiger partial charge in [0.05, 0.1) is 28.1 Å². The molecule has 2 amide bonds. The molecule has 180 valence electrons. The normalized spacial score (nSPS) is 14.6.